The fourth-order valence-electron chi connectivity index (χ4n) is 2.22. The summed E-state index contributed by atoms with van der Waals surface area (Å²) in [5.74, 6) is 0.172. The highest BCUT2D eigenvalue weighted by Gasteiger charge is 2.30. The molecule has 2 atom stereocenters. The number of nitrogens with zero attached hydrogens (tertiary/aromatic N) is 2. The molecule has 0 aliphatic heterocycles. The van der Waals surface area contributed by atoms with E-state index in [9.17, 15) is 4.79 Å². The van der Waals surface area contributed by atoms with E-state index in [0.29, 0.717) is 26.1 Å². The Kier molecular flexibility index (Phi) is 5.95. The third-order valence-electron chi connectivity index (χ3n) is 3.19. The molecule has 1 fully saturated rings. The first-order chi connectivity index (χ1) is 8.19. The summed E-state index contributed by atoms with van der Waals surface area (Å²) in [4.78, 5) is 13.9. The van der Waals surface area contributed by atoms with Crippen molar-refractivity contribution < 1.29 is 9.53 Å². The summed E-state index contributed by atoms with van der Waals surface area (Å²) in [6.07, 6.45) is 2.94. The molecule has 0 aromatic rings. The van der Waals surface area contributed by atoms with Gasteiger partial charge in [0.2, 0.25) is 5.91 Å². The molecule has 0 heterocycles. The lowest BCUT2D eigenvalue weighted by Gasteiger charge is -2.24. The summed E-state index contributed by atoms with van der Waals surface area (Å²) in [5, 5.41) is 8.59. The maximum absolute atomic E-state index is 12.2. The Labute approximate surface area is 103 Å². The number of amides is 1. The number of nitriles is 1. The number of carbonyl (C=O) groups is 1. The van der Waals surface area contributed by atoms with Gasteiger partial charge < -0.3 is 15.4 Å². The van der Waals surface area contributed by atoms with Crippen molar-refractivity contribution >= 4 is 5.91 Å². The number of nitrogens with two attached hydrogens (primary N) is 1. The number of ether oxygens (including phenoxy) is 1. The van der Waals surface area contributed by atoms with Crippen molar-refractivity contribution in [2.75, 3.05) is 26.8 Å². The Bertz CT molecular complexity index is 288. The number of hydrogen-bond donors (Lipinski definition) is 1. The Hall–Kier alpha value is -1.12. The minimum Gasteiger partial charge on any atom is -0.383 e. The van der Waals surface area contributed by atoms with Crippen LogP contribution in [0.3, 0.4) is 0 Å². The van der Waals surface area contributed by atoms with Gasteiger partial charge in [0.15, 0.2) is 0 Å². The van der Waals surface area contributed by atoms with E-state index in [2.05, 4.69) is 6.07 Å². The number of rotatable bonds is 6. The minimum absolute atomic E-state index is 0.0422. The van der Waals surface area contributed by atoms with E-state index in [-0.39, 0.29) is 17.9 Å². The van der Waals surface area contributed by atoms with Crippen molar-refractivity contribution in [3.63, 3.8) is 0 Å². The van der Waals surface area contributed by atoms with Crippen LogP contribution in [0.25, 0.3) is 0 Å². The summed E-state index contributed by atoms with van der Waals surface area (Å²) >= 11 is 0. The van der Waals surface area contributed by atoms with Crippen LogP contribution in [0.15, 0.2) is 0 Å². The average molecular weight is 239 g/mol. The number of methoxy groups -OCH3 is 1. The molecule has 2 N–H and O–H groups in total. The van der Waals surface area contributed by atoms with Crippen molar-refractivity contribution in [2.45, 2.75) is 31.7 Å². The van der Waals surface area contributed by atoms with E-state index in [1.807, 2.05) is 0 Å². The zero-order valence-corrected chi connectivity index (χ0v) is 10.4. The second-order valence-electron chi connectivity index (χ2n) is 4.50. The number of carbonyl (C=O) groups excluding carboxylic acids is 1. The Balaban J connectivity index is 2.49. The summed E-state index contributed by atoms with van der Waals surface area (Å²) in [7, 11) is 1.61. The fourth-order valence-corrected chi connectivity index (χ4v) is 2.22. The molecule has 0 aromatic heterocycles. The SMILES string of the molecule is COCCN(CCC#N)C(=O)C1CCC(N)C1. The van der Waals surface area contributed by atoms with Crippen LogP contribution in [-0.4, -0.2) is 43.7 Å². The van der Waals surface area contributed by atoms with Gasteiger partial charge in [-0.3, -0.25) is 4.79 Å². The molecule has 0 spiro atoms. The van der Waals surface area contributed by atoms with Gasteiger partial charge in [0.25, 0.3) is 0 Å². The van der Waals surface area contributed by atoms with Gasteiger partial charge in [0.1, 0.15) is 0 Å². The molecule has 1 rings (SSSR count). The van der Waals surface area contributed by atoms with Crippen LogP contribution in [0.1, 0.15) is 25.7 Å². The Morgan fingerprint density at radius 2 is 2.29 bits per heavy atom. The third-order valence-corrected chi connectivity index (χ3v) is 3.19. The molecular formula is C12H21N3O2. The topological polar surface area (TPSA) is 79.3 Å². The molecule has 0 saturated heterocycles. The largest absolute Gasteiger partial charge is 0.383 e. The van der Waals surface area contributed by atoms with Gasteiger partial charge in [0.05, 0.1) is 19.1 Å². The zero-order valence-electron chi connectivity index (χ0n) is 10.4. The van der Waals surface area contributed by atoms with Crippen LogP contribution < -0.4 is 5.73 Å². The molecule has 0 bridgehead atoms. The molecule has 0 aromatic carbocycles. The first kappa shape index (κ1) is 13.9. The lowest BCUT2D eigenvalue weighted by molar-refractivity contribution is -0.136. The third kappa shape index (κ3) is 4.33. The van der Waals surface area contributed by atoms with E-state index >= 15 is 0 Å². The molecule has 2 unspecified atom stereocenters. The predicted octanol–water partition coefficient (Wildman–Crippen LogP) is 0.502. The molecule has 1 saturated carbocycles. The van der Waals surface area contributed by atoms with E-state index in [4.69, 9.17) is 15.7 Å². The smallest absolute Gasteiger partial charge is 0.225 e. The maximum atomic E-state index is 12.2. The molecule has 1 amide bonds. The zero-order chi connectivity index (χ0) is 12.7. The first-order valence-corrected chi connectivity index (χ1v) is 6.09. The lowest BCUT2D eigenvalue weighted by Crippen LogP contribution is -2.38. The minimum atomic E-state index is 0.0422. The van der Waals surface area contributed by atoms with Crippen LogP contribution in [0.5, 0.6) is 0 Å². The van der Waals surface area contributed by atoms with E-state index < -0.39 is 0 Å². The standard InChI is InChI=1S/C12H21N3O2/c1-17-8-7-15(6-2-5-13)12(16)10-3-4-11(14)9-10/h10-11H,2-4,6-9,14H2,1H3. The van der Waals surface area contributed by atoms with Gasteiger partial charge in [-0.2, -0.15) is 5.26 Å². The van der Waals surface area contributed by atoms with Gasteiger partial charge in [0, 0.05) is 32.2 Å². The van der Waals surface area contributed by atoms with E-state index in [1.165, 1.54) is 0 Å². The van der Waals surface area contributed by atoms with Gasteiger partial charge in [-0.1, -0.05) is 0 Å². The van der Waals surface area contributed by atoms with Crippen molar-refractivity contribution in [2.24, 2.45) is 11.7 Å². The highest BCUT2D eigenvalue weighted by molar-refractivity contribution is 5.79. The van der Waals surface area contributed by atoms with Crippen molar-refractivity contribution in [3.05, 3.63) is 0 Å². The molecular weight excluding hydrogens is 218 g/mol. The van der Waals surface area contributed by atoms with Crippen LogP contribution in [0, 0.1) is 17.2 Å². The molecule has 0 radical (unpaired) electrons. The van der Waals surface area contributed by atoms with Crippen molar-refractivity contribution in [3.8, 4) is 6.07 Å². The lowest BCUT2D eigenvalue weighted by atomic mass is 10.1. The highest BCUT2D eigenvalue weighted by atomic mass is 16.5. The highest BCUT2D eigenvalue weighted by Crippen LogP contribution is 2.26. The number of hydrogen-bond acceptors (Lipinski definition) is 4. The van der Waals surface area contributed by atoms with Crippen LogP contribution in [-0.2, 0) is 9.53 Å². The molecule has 1 aliphatic rings. The summed E-state index contributed by atoms with van der Waals surface area (Å²) in [5.41, 5.74) is 5.82. The normalized spacial score (nSPS) is 23.4. The quantitative estimate of drug-likeness (QED) is 0.732. The van der Waals surface area contributed by atoms with Crippen molar-refractivity contribution in [1.82, 2.24) is 4.90 Å². The second-order valence-corrected chi connectivity index (χ2v) is 4.50. The predicted molar refractivity (Wildman–Crippen MR) is 64.0 cm³/mol. The van der Waals surface area contributed by atoms with Crippen molar-refractivity contribution in [1.29, 1.82) is 5.26 Å². The van der Waals surface area contributed by atoms with Crippen LogP contribution >= 0.6 is 0 Å². The molecule has 1 aliphatic carbocycles. The summed E-state index contributed by atoms with van der Waals surface area (Å²) < 4.78 is 4.98. The molecule has 96 valence electrons. The molecule has 5 nitrogen and oxygen atoms in total. The second kappa shape index (κ2) is 7.25. The van der Waals surface area contributed by atoms with Gasteiger partial charge in [-0.05, 0) is 19.3 Å². The summed E-state index contributed by atoms with van der Waals surface area (Å²) in [6, 6.07) is 2.23. The van der Waals surface area contributed by atoms with Gasteiger partial charge >= 0.3 is 0 Å². The van der Waals surface area contributed by atoms with E-state index in [0.717, 1.165) is 19.3 Å². The Morgan fingerprint density at radius 1 is 1.53 bits per heavy atom. The Morgan fingerprint density at radius 3 is 2.82 bits per heavy atom. The maximum Gasteiger partial charge on any atom is 0.225 e. The summed E-state index contributed by atoms with van der Waals surface area (Å²) in [6.45, 7) is 1.56. The molecule has 5 heteroatoms. The van der Waals surface area contributed by atoms with Gasteiger partial charge in [-0.25, -0.2) is 0 Å². The monoisotopic (exact) mass is 239 g/mol. The van der Waals surface area contributed by atoms with Crippen LogP contribution in [0.2, 0.25) is 0 Å². The fraction of sp³-hybridized carbons (Fsp3) is 0.833. The van der Waals surface area contributed by atoms with Gasteiger partial charge in [-0.15, -0.1) is 0 Å². The van der Waals surface area contributed by atoms with E-state index in [1.54, 1.807) is 12.0 Å². The molecule has 17 heavy (non-hydrogen) atoms. The first-order valence-electron chi connectivity index (χ1n) is 6.09. The van der Waals surface area contributed by atoms with Crippen LogP contribution in [0.4, 0.5) is 0 Å². The average Bonchev–Trinajstić information content (AvgIpc) is 2.75.